The monoisotopic (exact) mass is 511 g/mol. The Labute approximate surface area is 209 Å². The fourth-order valence-corrected chi connectivity index (χ4v) is 4.58. The molecule has 0 aromatic heterocycles. The third kappa shape index (κ3) is 6.92. The lowest BCUT2D eigenvalue weighted by Crippen LogP contribution is -2.49. The predicted molar refractivity (Wildman–Crippen MR) is 135 cm³/mol. The van der Waals surface area contributed by atoms with Crippen molar-refractivity contribution >= 4 is 58.0 Å². The molecule has 0 spiro atoms. The molecular weight excluding hydrogens is 485 g/mol. The summed E-state index contributed by atoms with van der Waals surface area (Å²) in [6.45, 7) is 8.30. The van der Waals surface area contributed by atoms with Crippen molar-refractivity contribution in [3.05, 3.63) is 51.0 Å². The van der Waals surface area contributed by atoms with Gasteiger partial charge in [-0.2, -0.15) is 0 Å². The first-order valence-corrected chi connectivity index (χ1v) is 12.0. The molecule has 2 aromatic rings. The lowest BCUT2D eigenvalue weighted by atomic mass is 10.1. The molecule has 0 bridgehead atoms. The minimum absolute atomic E-state index is 0.183. The van der Waals surface area contributed by atoms with Crippen molar-refractivity contribution in [1.82, 2.24) is 4.90 Å². The van der Waals surface area contributed by atoms with E-state index < -0.39 is 0 Å². The molecule has 1 aliphatic heterocycles. The number of nitrogens with one attached hydrogen (secondary N) is 1. The lowest BCUT2D eigenvalue weighted by Gasteiger charge is -2.37. The van der Waals surface area contributed by atoms with Crippen LogP contribution in [0.15, 0.2) is 30.3 Å². The zero-order chi connectivity index (χ0) is 24.1. The number of carbonyl (C=O) groups excluding carboxylic acids is 2. The second-order valence-corrected chi connectivity index (χ2v) is 9.78. The number of piperazine rings is 1. The standard InChI is InChI=1S/C24H28Cl3N3O3/c1-15(2)10-23(32)30-8-6-29(7-9-30)21-5-4-17(25)13-20(21)28-22(31)14-33-24-16(3)11-18(26)12-19(24)27/h4-5,11-13,15H,6-10,14H2,1-3H3,(H,28,31). The van der Waals surface area contributed by atoms with E-state index in [-0.39, 0.29) is 18.4 Å². The van der Waals surface area contributed by atoms with E-state index in [1.807, 2.05) is 31.7 Å². The van der Waals surface area contributed by atoms with Gasteiger partial charge in [-0.05, 0) is 48.7 Å². The first-order valence-electron chi connectivity index (χ1n) is 10.8. The fraction of sp³-hybridized carbons (Fsp3) is 0.417. The summed E-state index contributed by atoms with van der Waals surface area (Å²) in [6.07, 6.45) is 0.555. The Morgan fingerprint density at radius 2 is 1.73 bits per heavy atom. The number of rotatable bonds is 7. The topological polar surface area (TPSA) is 61.9 Å². The summed E-state index contributed by atoms with van der Waals surface area (Å²) in [5, 5.41) is 4.25. The van der Waals surface area contributed by atoms with Gasteiger partial charge in [-0.3, -0.25) is 9.59 Å². The summed E-state index contributed by atoms with van der Waals surface area (Å²) in [6, 6.07) is 8.68. The summed E-state index contributed by atoms with van der Waals surface area (Å²) in [5.74, 6) is 0.601. The Morgan fingerprint density at radius 3 is 2.36 bits per heavy atom. The van der Waals surface area contributed by atoms with Gasteiger partial charge in [0.15, 0.2) is 6.61 Å². The van der Waals surface area contributed by atoms with Gasteiger partial charge in [0.25, 0.3) is 5.91 Å². The maximum atomic E-state index is 12.6. The summed E-state index contributed by atoms with van der Waals surface area (Å²) in [7, 11) is 0. The summed E-state index contributed by atoms with van der Waals surface area (Å²) < 4.78 is 5.65. The average Bonchev–Trinajstić information content (AvgIpc) is 2.73. The number of anilines is 2. The van der Waals surface area contributed by atoms with Crippen molar-refractivity contribution in [2.24, 2.45) is 5.92 Å². The molecule has 0 aliphatic carbocycles. The van der Waals surface area contributed by atoms with Crippen LogP contribution in [0.5, 0.6) is 5.75 Å². The Morgan fingerprint density at radius 1 is 1.03 bits per heavy atom. The number of halogens is 3. The number of nitrogens with zero attached hydrogens (tertiary/aromatic N) is 2. The molecule has 0 atom stereocenters. The largest absolute Gasteiger partial charge is 0.482 e. The molecule has 0 unspecified atom stereocenters. The maximum Gasteiger partial charge on any atom is 0.262 e. The molecule has 33 heavy (non-hydrogen) atoms. The van der Waals surface area contributed by atoms with Gasteiger partial charge < -0.3 is 19.9 Å². The second-order valence-electron chi connectivity index (χ2n) is 8.50. The van der Waals surface area contributed by atoms with Crippen molar-refractivity contribution in [2.45, 2.75) is 27.2 Å². The van der Waals surface area contributed by atoms with E-state index in [4.69, 9.17) is 39.5 Å². The normalized spacial score (nSPS) is 13.9. The molecule has 2 aromatic carbocycles. The number of benzene rings is 2. The fourth-order valence-electron chi connectivity index (χ4n) is 3.76. The van der Waals surface area contributed by atoms with Crippen molar-refractivity contribution in [3.63, 3.8) is 0 Å². The minimum atomic E-state index is -0.338. The number of carbonyl (C=O) groups is 2. The van der Waals surface area contributed by atoms with E-state index in [0.717, 1.165) is 11.3 Å². The lowest BCUT2D eigenvalue weighted by molar-refractivity contribution is -0.132. The summed E-state index contributed by atoms with van der Waals surface area (Å²) in [5.41, 5.74) is 2.19. The molecule has 0 radical (unpaired) electrons. The molecular formula is C24H28Cl3N3O3. The molecule has 1 N–H and O–H groups in total. The number of hydrogen-bond acceptors (Lipinski definition) is 4. The van der Waals surface area contributed by atoms with Gasteiger partial charge in [0.2, 0.25) is 5.91 Å². The molecule has 6 nitrogen and oxygen atoms in total. The molecule has 178 valence electrons. The zero-order valence-electron chi connectivity index (χ0n) is 19.0. The van der Waals surface area contributed by atoms with Gasteiger partial charge >= 0.3 is 0 Å². The first-order chi connectivity index (χ1) is 15.6. The quantitative estimate of drug-likeness (QED) is 0.519. The van der Waals surface area contributed by atoms with Crippen LogP contribution >= 0.6 is 34.8 Å². The van der Waals surface area contributed by atoms with Crippen LogP contribution in [-0.2, 0) is 9.59 Å². The molecule has 9 heteroatoms. The maximum absolute atomic E-state index is 12.6. The van der Waals surface area contributed by atoms with Crippen LogP contribution in [-0.4, -0.2) is 49.5 Å². The molecule has 1 heterocycles. The smallest absolute Gasteiger partial charge is 0.262 e. The summed E-state index contributed by atoms with van der Waals surface area (Å²) in [4.78, 5) is 29.1. The highest BCUT2D eigenvalue weighted by Crippen LogP contribution is 2.33. The van der Waals surface area contributed by atoms with Gasteiger partial charge in [0, 0.05) is 42.6 Å². The van der Waals surface area contributed by atoms with E-state index in [1.54, 1.807) is 24.3 Å². The predicted octanol–water partition coefficient (Wildman–Crippen LogP) is 5.67. The molecule has 2 amide bonds. The highest BCUT2D eigenvalue weighted by atomic mass is 35.5. The van der Waals surface area contributed by atoms with Crippen LogP contribution in [0.25, 0.3) is 0 Å². The van der Waals surface area contributed by atoms with Gasteiger partial charge in [0.1, 0.15) is 5.75 Å². The second kappa shape index (κ2) is 11.3. The van der Waals surface area contributed by atoms with E-state index in [2.05, 4.69) is 10.2 Å². The van der Waals surface area contributed by atoms with E-state index in [1.165, 1.54) is 0 Å². The number of hydrogen-bond donors (Lipinski definition) is 1. The van der Waals surface area contributed by atoms with Gasteiger partial charge in [-0.25, -0.2) is 0 Å². The third-order valence-corrected chi connectivity index (χ3v) is 6.06. The Hall–Kier alpha value is -2.15. The van der Waals surface area contributed by atoms with Crippen LogP contribution in [0.1, 0.15) is 25.8 Å². The SMILES string of the molecule is Cc1cc(Cl)cc(Cl)c1OCC(=O)Nc1cc(Cl)ccc1N1CCN(C(=O)CC(C)C)CC1. The van der Waals surface area contributed by atoms with E-state index in [0.29, 0.717) is 65.0 Å². The molecule has 3 rings (SSSR count). The minimum Gasteiger partial charge on any atom is -0.482 e. The van der Waals surface area contributed by atoms with Gasteiger partial charge in [-0.15, -0.1) is 0 Å². The number of amides is 2. The first kappa shape index (κ1) is 25.5. The Balaban J connectivity index is 1.64. The molecule has 0 saturated carbocycles. The summed E-state index contributed by atoms with van der Waals surface area (Å²) >= 11 is 18.4. The highest BCUT2D eigenvalue weighted by Gasteiger charge is 2.23. The number of ether oxygens (including phenoxy) is 1. The van der Waals surface area contributed by atoms with Gasteiger partial charge in [0.05, 0.1) is 16.4 Å². The van der Waals surface area contributed by atoms with Crippen molar-refractivity contribution < 1.29 is 14.3 Å². The van der Waals surface area contributed by atoms with Crippen LogP contribution in [0.3, 0.4) is 0 Å². The van der Waals surface area contributed by atoms with E-state index >= 15 is 0 Å². The van der Waals surface area contributed by atoms with Crippen LogP contribution in [0.4, 0.5) is 11.4 Å². The van der Waals surface area contributed by atoms with Crippen molar-refractivity contribution in [2.75, 3.05) is 43.0 Å². The van der Waals surface area contributed by atoms with Crippen LogP contribution in [0.2, 0.25) is 15.1 Å². The average molecular weight is 513 g/mol. The van der Waals surface area contributed by atoms with Crippen molar-refractivity contribution in [3.8, 4) is 5.75 Å². The van der Waals surface area contributed by atoms with Crippen LogP contribution in [0, 0.1) is 12.8 Å². The number of aryl methyl sites for hydroxylation is 1. The van der Waals surface area contributed by atoms with Gasteiger partial charge in [-0.1, -0.05) is 48.7 Å². The molecule has 1 saturated heterocycles. The third-order valence-electron chi connectivity index (χ3n) is 5.33. The molecule has 1 aliphatic rings. The van der Waals surface area contributed by atoms with E-state index in [9.17, 15) is 9.59 Å². The van der Waals surface area contributed by atoms with Crippen molar-refractivity contribution in [1.29, 1.82) is 0 Å². The highest BCUT2D eigenvalue weighted by molar-refractivity contribution is 6.35. The Bertz CT molecular complexity index is 998. The zero-order valence-corrected chi connectivity index (χ0v) is 21.2. The Kier molecular flexibility index (Phi) is 8.74. The molecule has 1 fully saturated rings. The van der Waals surface area contributed by atoms with Crippen LogP contribution < -0.4 is 15.0 Å².